The summed E-state index contributed by atoms with van der Waals surface area (Å²) in [6.07, 6.45) is 0. The first kappa shape index (κ1) is 13.9. The first-order valence-electron chi connectivity index (χ1n) is 6.57. The number of hydrogen-bond donors (Lipinski definition) is 1. The van der Waals surface area contributed by atoms with Crippen molar-refractivity contribution in [2.45, 2.75) is 17.8 Å². The number of nitrogens with zero attached hydrogens (tertiary/aromatic N) is 1. The zero-order chi connectivity index (χ0) is 14.8. The van der Waals surface area contributed by atoms with Crippen LogP contribution in [0, 0.1) is 12.7 Å². The normalized spacial score (nSPS) is 11.0. The van der Waals surface area contributed by atoms with Crippen molar-refractivity contribution in [1.82, 2.24) is 9.97 Å². The van der Waals surface area contributed by atoms with Crippen LogP contribution in [0.5, 0.6) is 5.75 Å². The van der Waals surface area contributed by atoms with Crippen molar-refractivity contribution < 1.29 is 9.13 Å². The molecule has 0 fully saturated rings. The minimum atomic E-state index is -0.258. The molecule has 1 aromatic heterocycles. The third-order valence-electron chi connectivity index (χ3n) is 3.22. The van der Waals surface area contributed by atoms with Crippen LogP contribution >= 0.6 is 11.8 Å². The predicted octanol–water partition coefficient (Wildman–Crippen LogP) is 4.31. The average Bonchev–Trinajstić information content (AvgIpc) is 2.87. The second-order valence-electron chi connectivity index (χ2n) is 4.81. The number of rotatable bonds is 4. The van der Waals surface area contributed by atoms with E-state index in [9.17, 15) is 4.39 Å². The number of aryl methyl sites for hydroxylation is 1. The van der Waals surface area contributed by atoms with Crippen LogP contribution in [0.2, 0.25) is 0 Å². The van der Waals surface area contributed by atoms with Gasteiger partial charge in [0, 0.05) is 11.3 Å². The van der Waals surface area contributed by atoms with Gasteiger partial charge in [-0.15, -0.1) is 0 Å². The summed E-state index contributed by atoms with van der Waals surface area (Å²) in [6, 6.07) is 10.6. The smallest absolute Gasteiger partial charge is 0.166 e. The van der Waals surface area contributed by atoms with E-state index in [-0.39, 0.29) is 5.82 Å². The molecule has 0 aliphatic rings. The first-order chi connectivity index (χ1) is 10.2. The van der Waals surface area contributed by atoms with Crippen LogP contribution in [-0.4, -0.2) is 17.1 Å². The van der Waals surface area contributed by atoms with E-state index in [0.717, 1.165) is 21.8 Å². The Kier molecular flexibility index (Phi) is 3.84. The van der Waals surface area contributed by atoms with Gasteiger partial charge in [-0.25, -0.2) is 9.37 Å². The molecular weight excluding hydrogens is 287 g/mol. The lowest BCUT2D eigenvalue weighted by Crippen LogP contribution is -1.91. The first-order valence-corrected chi connectivity index (χ1v) is 7.56. The fraction of sp³-hybridized carbons (Fsp3) is 0.188. The van der Waals surface area contributed by atoms with E-state index in [1.807, 2.05) is 19.1 Å². The molecule has 108 valence electrons. The Morgan fingerprint density at radius 1 is 1.24 bits per heavy atom. The molecular formula is C16H15FN2OS. The lowest BCUT2D eigenvalue weighted by Gasteiger charge is -2.07. The molecule has 1 heterocycles. The number of nitrogens with one attached hydrogen (secondary N) is 1. The number of ether oxygens (including phenoxy) is 1. The van der Waals surface area contributed by atoms with Crippen molar-refractivity contribution in [3.05, 3.63) is 53.3 Å². The van der Waals surface area contributed by atoms with E-state index in [0.29, 0.717) is 11.5 Å². The number of fused-ring (bicyclic) bond motifs is 1. The highest BCUT2D eigenvalue weighted by atomic mass is 32.2. The van der Waals surface area contributed by atoms with Crippen LogP contribution in [0.1, 0.15) is 11.1 Å². The van der Waals surface area contributed by atoms with Gasteiger partial charge in [0.15, 0.2) is 5.16 Å². The van der Waals surface area contributed by atoms with Crippen molar-refractivity contribution in [2.24, 2.45) is 0 Å². The predicted molar refractivity (Wildman–Crippen MR) is 83.3 cm³/mol. The van der Waals surface area contributed by atoms with Gasteiger partial charge in [0.2, 0.25) is 0 Å². The number of aromatic nitrogens is 2. The molecule has 3 nitrogen and oxygen atoms in total. The van der Waals surface area contributed by atoms with Crippen molar-refractivity contribution in [1.29, 1.82) is 0 Å². The van der Waals surface area contributed by atoms with Crippen LogP contribution in [-0.2, 0) is 5.75 Å². The molecule has 0 aliphatic carbocycles. The summed E-state index contributed by atoms with van der Waals surface area (Å²) in [6.45, 7) is 2.05. The Hall–Kier alpha value is -2.01. The highest BCUT2D eigenvalue weighted by Gasteiger charge is 2.08. The lowest BCUT2D eigenvalue weighted by atomic mass is 10.2. The van der Waals surface area contributed by atoms with Crippen LogP contribution in [0.3, 0.4) is 0 Å². The second-order valence-corrected chi connectivity index (χ2v) is 5.77. The molecule has 0 spiro atoms. The molecule has 0 saturated carbocycles. The molecule has 0 aliphatic heterocycles. The summed E-state index contributed by atoms with van der Waals surface area (Å²) in [5.41, 5.74) is 3.96. The molecule has 0 amide bonds. The summed E-state index contributed by atoms with van der Waals surface area (Å²) in [4.78, 5) is 7.80. The third kappa shape index (κ3) is 3.03. The molecule has 5 heteroatoms. The number of thioether (sulfide) groups is 1. The highest BCUT2D eigenvalue weighted by molar-refractivity contribution is 7.98. The fourth-order valence-corrected chi connectivity index (χ4v) is 3.04. The van der Waals surface area contributed by atoms with Gasteiger partial charge in [-0.05, 0) is 42.8 Å². The van der Waals surface area contributed by atoms with Gasteiger partial charge in [-0.2, -0.15) is 0 Å². The van der Waals surface area contributed by atoms with Gasteiger partial charge in [0.1, 0.15) is 11.6 Å². The quantitative estimate of drug-likeness (QED) is 0.730. The van der Waals surface area contributed by atoms with Gasteiger partial charge in [-0.3, -0.25) is 0 Å². The maximum Gasteiger partial charge on any atom is 0.166 e. The van der Waals surface area contributed by atoms with Gasteiger partial charge in [0.25, 0.3) is 0 Å². The topological polar surface area (TPSA) is 37.9 Å². The Morgan fingerprint density at radius 2 is 2.10 bits per heavy atom. The molecule has 0 saturated heterocycles. The molecule has 0 atom stereocenters. The van der Waals surface area contributed by atoms with Gasteiger partial charge >= 0.3 is 0 Å². The summed E-state index contributed by atoms with van der Waals surface area (Å²) < 4.78 is 18.6. The van der Waals surface area contributed by atoms with Gasteiger partial charge in [-0.1, -0.05) is 17.8 Å². The number of H-pyrrole nitrogens is 1. The van der Waals surface area contributed by atoms with E-state index in [1.165, 1.54) is 29.5 Å². The van der Waals surface area contributed by atoms with Gasteiger partial charge < -0.3 is 9.72 Å². The highest BCUT2D eigenvalue weighted by Crippen LogP contribution is 2.28. The average molecular weight is 302 g/mol. The van der Waals surface area contributed by atoms with Crippen molar-refractivity contribution in [3.63, 3.8) is 0 Å². The van der Waals surface area contributed by atoms with E-state index in [1.54, 1.807) is 13.2 Å². The number of aromatic amines is 1. The number of benzene rings is 2. The number of hydrogen-bond acceptors (Lipinski definition) is 3. The van der Waals surface area contributed by atoms with Crippen LogP contribution in [0.15, 0.2) is 41.6 Å². The molecule has 0 bridgehead atoms. The number of imidazole rings is 1. The molecule has 3 rings (SSSR count). The summed E-state index contributed by atoms with van der Waals surface area (Å²) in [7, 11) is 1.59. The van der Waals surface area contributed by atoms with E-state index in [2.05, 4.69) is 16.0 Å². The standard InChI is InChI=1S/C16H15FN2OS/c1-10-3-5-13-14(7-10)19-16(18-13)21-9-11-8-12(17)4-6-15(11)20-2/h3-8H,9H2,1-2H3,(H,18,19). The van der Waals surface area contributed by atoms with Crippen LogP contribution in [0.25, 0.3) is 11.0 Å². The number of halogens is 1. The lowest BCUT2D eigenvalue weighted by molar-refractivity contribution is 0.410. The third-order valence-corrected chi connectivity index (χ3v) is 4.14. The minimum absolute atomic E-state index is 0.258. The SMILES string of the molecule is COc1ccc(F)cc1CSc1nc2ccc(C)cc2[nH]1. The molecule has 0 unspecified atom stereocenters. The molecule has 21 heavy (non-hydrogen) atoms. The van der Waals surface area contributed by atoms with Crippen LogP contribution < -0.4 is 4.74 Å². The monoisotopic (exact) mass is 302 g/mol. The Bertz CT molecular complexity index is 785. The Labute approximate surface area is 126 Å². The zero-order valence-corrected chi connectivity index (χ0v) is 12.6. The Morgan fingerprint density at radius 3 is 2.90 bits per heavy atom. The molecule has 0 radical (unpaired) electrons. The van der Waals surface area contributed by atoms with Crippen molar-refractivity contribution in [2.75, 3.05) is 7.11 Å². The molecule has 1 N–H and O–H groups in total. The van der Waals surface area contributed by atoms with E-state index >= 15 is 0 Å². The maximum absolute atomic E-state index is 13.3. The van der Waals surface area contributed by atoms with Crippen molar-refractivity contribution in [3.8, 4) is 5.75 Å². The van der Waals surface area contributed by atoms with Crippen LogP contribution in [0.4, 0.5) is 4.39 Å². The minimum Gasteiger partial charge on any atom is -0.496 e. The molecule has 2 aromatic carbocycles. The van der Waals surface area contributed by atoms with E-state index < -0.39 is 0 Å². The summed E-state index contributed by atoms with van der Waals surface area (Å²) in [5, 5.41) is 0.821. The summed E-state index contributed by atoms with van der Waals surface area (Å²) in [5.74, 6) is 1.03. The van der Waals surface area contributed by atoms with E-state index in [4.69, 9.17) is 4.74 Å². The van der Waals surface area contributed by atoms with Gasteiger partial charge in [0.05, 0.1) is 18.1 Å². The zero-order valence-electron chi connectivity index (χ0n) is 11.8. The Balaban J connectivity index is 1.81. The largest absolute Gasteiger partial charge is 0.496 e. The second kappa shape index (κ2) is 5.77. The summed E-state index contributed by atoms with van der Waals surface area (Å²) >= 11 is 1.53. The molecule has 3 aromatic rings. The number of methoxy groups -OCH3 is 1. The fourth-order valence-electron chi connectivity index (χ4n) is 2.17. The van der Waals surface area contributed by atoms with Crippen molar-refractivity contribution >= 4 is 22.8 Å². The maximum atomic E-state index is 13.3.